The summed E-state index contributed by atoms with van der Waals surface area (Å²) in [5.41, 5.74) is 3.15. The number of carbonyl (C=O) groups excluding carboxylic acids is 1. The highest BCUT2D eigenvalue weighted by Crippen LogP contribution is 2.33. The maximum atomic E-state index is 12.5. The molecule has 0 unspecified atom stereocenters. The molecule has 0 N–H and O–H groups in total. The van der Waals surface area contributed by atoms with Crippen LogP contribution in [0.4, 0.5) is 0 Å². The van der Waals surface area contributed by atoms with Crippen LogP contribution in [0.1, 0.15) is 43.4 Å². The minimum absolute atomic E-state index is 0.290. The second-order valence-corrected chi connectivity index (χ2v) is 13.2. The van der Waals surface area contributed by atoms with E-state index in [1.54, 1.807) is 0 Å². The highest BCUT2D eigenvalue weighted by atomic mass is 16.6. The number of hydrogen-bond acceptors (Lipinski definition) is 6. The summed E-state index contributed by atoms with van der Waals surface area (Å²) in [5.74, 6) is -0.377. The Bertz CT molecular complexity index is 2060. The second kappa shape index (κ2) is 16.0. The van der Waals surface area contributed by atoms with E-state index in [1.165, 1.54) is 28.5 Å². The highest BCUT2D eigenvalue weighted by Gasteiger charge is 2.49. The third-order valence-corrected chi connectivity index (χ3v) is 9.48. The van der Waals surface area contributed by atoms with Crippen LogP contribution in [0.5, 0.6) is 0 Å². The van der Waals surface area contributed by atoms with Crippen LogP contribution >= 0.6 is 0 Å². The van der Waals surface area contributed by atoms with Crippen LogP contribution in [0.3, 0.4) is 0 Å². The number of esters is 1. The van der Waals surface area contributed by atoms with E-state index in [9.17, 15) is 4.79 Å². The minimum atomic E-state index is -0.647. The predicted octanol–water partition coefficient (Wildman–Crippen LogP) is 9.33. The van der Waals surface area contributed by atoms with Crippen LogP contribution in [0.2, 0.25) is 0 Å². The van der Waals surface area contributed by atoms with E-state index in [0.29, 0.717) is 26.2 Å². The monoisotopic (exact) mass is 668 g/mol. The van der Waals surface area contributed by atoms with Crippen molar-refractivity contribution in [3.05, 3.63) is 144 Å². The number of rotatable bonds is 13. The lowest BCUT2D eigenvalue weighted by molar-refractivity contribution is -0.266. The Hall–Kier alpha value is -4.59. The molecule has 0 spiro atoms. The topological polar surface area (TPSA) is 63.2 Å². The van der Waals surface area contributed by atoms with Gasteiger partial charge in [-0.2, -0.15) is 0 Å². The fraction of sp³-hybridized carbons (Fsp3) is 0.295. The van der Waals surface area contributed by atoms with Gasteiger partial charge in [0.25, 0.3) is 0 Å². The Labute approximate surface area is 293 Å². The van der Waals surface area contributed by atoms with E-state index in [1.807, 2.05) is 36.4 Å². The van der Waals surface area contributed by atoms with Gasteiger partial charge in [-0.05, 0) is 73.6 Å². The average Bonchev–Trinajstić information content (AvgIpc) is 3.14. The molecule has 1 heterocycles. The average molecular weight is 669 g/mol. The van der Waals surface area contributed by atoms with E-state index in [-0.39, 0.29) is 18.7 Å². The molecule has 0 amide bonds. The molecule has 7 rings (SSSR count). The van der Waals surface area contributed by atoms with Crippen molar-refractivity contribution in [1.29, 1.82) is 0 Å². The molecule has 6 heteroatoms. The van der Waals surface area contributed by atoms with Crippen molar-refractivity contribution >= 4 is 38.3 Å². The van der Waals surface area contributed by atoms with Gasteiger partial charge < -0.3 is 23.7 Å². The Morgan fingerprint density at radius 1 is 0.560 bits per heavy atom. The van der Waals surface area contributed by atoms with E-state index >= 15 is 0 Å². The van der Waals surface area contributed by atoms with Crippen LogP contribution < -0.4 is 0 Å². The third kappa shape index (κ3) is 8.06. The molecule has 5 atom stereocenters. The summed E-state index contributed by atoms with van der Waals surface area (Å²) in [7, 11) is 0. The molecule has 6 aromatic carbocycles. The van der Waals surface area contributed by atoms with E-state index in [2.05, 4.69) is 97.9 Å². The van der Waals surface area contributed by atoms with Gasteiger partial charge in [0, 0.05) is 6.92 Å². The van der Waals surface area contributed by atoms with Gasteiger partial charge in [-0.3, -0.25) is 4.79 Å². The zero-order valence-electron chi connectivity index (χ0n) is 28.7. The standard InChI is InChI=1S/C44H44O6/c1-3-10-40-43(49-30(2)45)44(48-28-33-19-22-36-13-6-9-16-39(36)25-33)42(47-27-32-18-21-35-12-5-8-15-38(35)24-32)41(50-40)29-46-26-31-17-20-34-11-4-7-14-37(34)23-31/h4-9,11-25,40-44H,3,10,26-29H2,1-2H3/t40-,41+,42+,43-,44-/m0/s1. The summed E-state index contributed by atoms with van der Waals surface area (Å²) in [5, 5.41) is 7.00. The van der Waals surface area contributed by atoms with Gasteiger partial charge in [-0.25, -0.2) is 0 Å². The predicted molar refractivity (Wildman–Crippen MR) is 198 cm³/mol. The van der Waals surface area contributed by atoms with Crippen LogP contribution in [0.25, 0.3) is 32.3 Å². The molecule has 1 saturated heterocycles. The first-order valence-corrected chi connectivity index (χ1v) is 17.6. The Morgan fingerprint density at radius 3 is 1.50 bits per heavy atom. The number of hydrogen-bond donors (Lipinski definition) is 0. The molecular weight excluding hydrogens is 624 g/mol. The normalized spacial score (nSPS) is 20.7. The van der Waals surface area contributed by atoms with Gasteiger partial charge >= 0.3 is 5.97 Å². The van der Waals surface area contributed by atoms with Crippen molar-refractivity contribution in [3.63, 3.8) is 0 Å². The van der Waals surface area contributed by atoms with Crippen LogP contribution in [-0.4, -0.2) is 43.1 Å². The van der Waals surface area contributed by atoms with Crippen molar-refractivity contribution in [2.45, 2.75) is 77.0 Å². The van der Waals surface area contributed by atoms with E-state index < -0.39 is 24.4 Å². The summed E-state index contributed by atoms with van der Waals surface area (Å²) in [4.78, 5) is 12.5. The summed E-state index contributed by atoms with van der Waals surface area (Å²) in [6.07, 6.45) is -1.09. The maximum absolute atomic E-state index is 12.5. The molecular formula is C44H44O6. The molecule has 0 aromatic heterocycles. The molecule has 256 valence electrons. The molecule has 1 aliphatic rings. The molecule has 0 radical (unpaired) electrons. The maximum Gasteiger partial charge on any atom is 0.303 e. The molecule has 1 fully saturated rings. The molecule has 0 saturated carbocycles. The Morgan fingerprint density at radius 2 is 1.02 bits per heavy atom. The summed E-state index contributed by atoms with van der Waals surface area (Å²) in [6.45, 7) is 4.92. The van der Waals surface area contributed by atoms with Crippen LogP contribution in [0, 0.1) is 0 Å². The first-order chi connectivity index (χ1) is 24.5. The first-order valence-electron chi connectivity index (χ1n) is 17.6. The molecule has 1 aliphatic heterocycles. The largest absolute Gasteiger partial charge is 0.457 e. The van der Waals surface area contributed by atoms with Gasteiger partial charge in [-0.15, -0.1) is 0 Å². The second-order valence-electron chi connectivity index (χ2n) is 13.2. The van der Waals surface area contributed by atoms with Gasteiger partial charge in [0.2, 0.25) is 0 Å². The number of benzene rings is 6. The SMILES string of the molecule is CCC[C@@H]1O[C@H](COCc2ccc3ccccc3c2)[C@@H](OCc2ccc3ccccc3c2)[C@H](OCc2ccc3ccccc3c2)[C@H]1OC(C)=O. The van der Waals surface area contributed by atoms with Crippen LogP contribution in [-0.2, 0) is 48.3 Å². The zero-order chi connectivity index (χ0) is 34.3. The quantitative estimate of drug-likeness (QED) is 0.114. The highest BCUT2D eigenvalue weighted by molar-refractivity contribution is 5.84. The van der Waals surface area contributed by atoms with E-state index in [4.69, 9.17) is 23.7 Å². The van der Waals surface area contributed by atoms with Gasteiger partial charge in [0.15, 0.2) is 6.10 Å². The van der Waals surface area contributed by atoms with Crippen molar-refractivity contribution in [2.24, 2.45) is 0 Å². The van der Waals surface area contributed by atoms with Crippen molar-refractivity contribution in [2.75, 3.05) is 6.61 Å². The molecule has 0 bridgehead atoms. The zero-order valence-corrected chi connectivity index (χ0v) is 28.7. The van der Waals surface area contributed by atoms with Gasteiger partial charge in [0.05, 0.1) is 32.5 Å². The number of ether oxygens (including phenoxy) is 5. The van der Waals surface area contributed by atoms with Crippen molar-refractivity contribution < 1.29 is 28.5 Å². The smallest absolute Gasteiger partial charge is 0.303 e. The summed E-state index contributed by atoms with van der Waals surface area (Å²) in [6, 6.07) is 44.0. The fourth-order valence-corrected chi connectivity index (χ4v) is 7.03. The minimum Gasteiger partial charge on any atom is -0.457 e. The van der Waals surface area contributed by atoms with Crippen LogP contribution in [0.15, 0.2) is 127 Å². The Kier molecular flexibility index (Phi) is 10.8. The first kappa shape index (κ1) is 33.9. The lowest BCUT2D eigenvalue weighted by Gasteiger charge is -2.46. The molecule has 0 aliphatic carbocycles. The molecule has 50 heavy (non-hydrogen) atoms. The number of fused-ring (bicyclic) bond motifs is 3. The summed E-state index contributed by atoms with van der Waals surface area (Å²) >= 11 is 0. The number of carbonyl (C=O) groups is 1. The Balaban J connectivity index is 1.17. The summed E-state index contributed by atoms with van der Waals surface area (Å²) < 4.78 is 32.7. The van der Waals surface area contributed by atoms with Crippen molar-refractivity contribution in [3.8, 4) is 0 Å². The molecule has 6 nitrogen and oxygen atoms in total. The van der Waals surface area contributed by atoms with E-state index in [0.717, 1.165) is 33.9 Å². The third-order valence-electron chi connectivity index (χ3n) is 9.48. The van der Waals surface area contributed by atoms with Crippen molar-refractivity contribution in [1.82, 2.24) is 0 Å². The lowest BCUT2D eigenvalue weighted by Crippen LogP contribution is -2.61. The fourth-order valence-electron chi connectivity index (χ4n) is 7.03. The lowest BCUT2D eigenvalue weighted by atomic mass is 9.92. The molecule has 6 aromatic rings. The van der Waals surface area contributed by atoms with Gasteiger partial charge in [0.1, 0.15) is 18.3 Å². The van der Waals surface area contributed by atoms with Gasteiger partial charge in [-0.1, -0.05) is 123 Å².